The van der Waals surface area contributed by atoms with E-state index in [4.69, 9.17) is 0 Å². The zero-order chi connectivity index (χ0) is 14.6. The van der Waals surface area contributed by atoms with Crippen LogP contribution in [0.3, 0.4) is 0 Å². The van der Waals surface area contributed by atoms with E-state index in [1.807, 2.05) is 11.8 Å². The molecular formula is C16H25NO2. The molecule has 106 valence electrons. The van der Waals surface area contributed by atoms with Gasteiger partial charge in [0.2, 0.25) is 0 Å². The molecule has 0 bridgehead atoms. The molecule has 0 amide bonds. The van der Waals surface area contributed by atoms with Crippen LogP contribution in [0, 0.1) is 20.8 Å². The number of carboxylic acid groups (broad SMARTS) is 1. The topological polar surface area (TPSA) is 40.5 Å². The summed E-state index contributed by atoms with van der Waals surface area (Å²) in [6.07, 6.45) is 1.55. The summed E-state index contributed by atoms with van der Waals surface area (Å²) in [5.41, 5.74) is 4.62. The number of carboxylic acids is 1. The molecule has 0 fully saturated rings. The summed E-state index contributed by atoms with van der Waals surface area (Å²) < 4.78 is 0. The zero-order valence-corrected chi connectivity index (χ0v) is 12.7. The number of hydrogen-bond acceptors (Lipinski definition) is 2. The van der Waals surface area contributed by atoms with E-state index in [0.29, 0.717) is 6.42 Å². The van der Waals surface area contributed by atoms with Gasteiger partial charge in [0.1, 0.15) is 6.04 Å². The Morgan fingerprint density at radius 3 is 2.11 bits per heavy atom. The molecule has 0 radical (unpaired) electrons. The predicted octanol–water partition coefficient (Wildman–Crippen LogP) is 3.69. The lowest BCUT2D eigenvalue weighted by atomic mass is 10.0. The molecule has 1 aromatic rings. The second kappa shape index (κ2) is 6.60. The van der Waals surface area contributed by atoms with Crippen LogP contribution >= 0.6 is 0 Å². The van der Waals surface area contributed by atoms with Crippen LogP contribution in [-0.2, 0) is 4.79 Å². The first-order valence-electron chi connectivity index (χ1n) is 6.99. The van der Waals surface area contributed by atoms with Crippen molar-refractivity contribution in [1.29, 1.82) is 0 Å². The maximum absolute atomic E-state index is 11.5. The highest BCUT2D eigenvalue weighted by Gasteiger charge is 2.25. The molecule has 1 N–H and O–H groups in total. The molecule has 0 aliphatic carbocycles. The summed E-state index contributed by atoms with van der Waals surface area (Å²) in [5, 5.41) is 9.43. The first kappa shape index (κ1) is 15.5. The van der Waals surface area contributed by atoms with Crippen LogP contribution < -0.4 is 4.90 Å². The largest absolute Gasteiger partial charge is 0.480 e. The highest BCUT2D eigenvalue weighted by atomic mass is 16.4. The van der Waals surface area contributed by atoms with Gasteiger partial charge in [0.25, 0.3) is 0 Å². The van der Waals surface area contributed by atoms with Crippen molar-refractivity contribution in [3.63, 3.8) is 0 Å². The molecule has 0 saturated carbocycles. The summed E-state index contributed by atoms with van der Waals surface area (Å²) >= 11 is 0. The van der Waals surface area contributed by atoms with Crippen molar-refractivity contribution in [2.45, 2.75) is 53.5 Å². The number of benzene rings is 1. The van der Waals surface area contributed by atoms with E-state index in [0.717, 1.165) is 29.8 Å². The van der Waals surface area contributed by atoms with Crippen molar-refractivity contribution in [3.8, 4) is 0 Å². The Morgan fingerprint density at radius 1 is 1.21 bits per heavy atom. The van der Waals surface area contributed by atoms with Crippen molar-refractivity contribution >= 4 is 11.7 Å². The number of rotatable bonds is 6. The van der Waals surface area contributed by atoms with Crippen LogP contribution in [0.2, 0.25) is 0 Å². The van der Waals surface area contributed by atoms with Crippen molar-refractivity contribution in [2.24, 2.45) is 0 Å². The van der Waals surface area contributed by atoms with Crippen LogP contribution in [0.5, 0.6) is 0 Å². The van der Waals surface area contributed by atoms with Crippen molar-refractivity contribution in [1.82, 2.24) is 0 Å². The van der Waals surface area contributed by atoms with Crippen molar-refractivity contribution < 1.29 is 9.90 Å². The lowest BCUT2D eigenvalue weighted by Gasteiger charge is -2.33. The van der Waals surface area contributed by atoms with Crippen molar-refractivity contribution in [3.05, 3.63) is 28.8 Å². The van der Waals surface area contributed by atoms with Crippen LogP contribution in [0.15, 0.2) is 12.1 Å². The first-order valence-corrected chi connectivity index (χ1v) is 6.99. The van der Waals surface area contributed by atoms with Gasteiger partial charge in [0.05, 0.1) is 0 Å². The average molecular weight is 263 g/mol. The van der Waals surface area contributed by atoms with E-state index in [9.17, 15) is 9.90 Å². The Labute approximate surface area is 116 Å². The fourth-order valence-corrected chi connectivity index (χ4v) is 2.82. The highest BCUT2D eigenvalue weighted by Crippen LogP contribution is 2.29. The molecule has 0 heterocycles. The van der Waals surface area contributed by atoms with E-state index in [2.05, 4.69) is 39.8 Å². The molecule has 0 unspecified atom stereocenters. The smallest absolute Gasteiger partial charge is 0.326 e. The minimum Gasteiger partial charge on any atom is -0.480 e. The standard InChI is InChI=1S/C16H25NO2/c1-6-8-17(14(7-2)16(18)19)15-12(4)9-11(3)10-13(15)5/h9-10,14H,6-8H2,1-5H3,(H,18,19)/t14-/m1/s1. The maximum Gasteiger partial charge on any atom is 0.326 e. The number of aliphatic carboxylic acids is 1. The van der Waals surface area contributed by atoms with Crippen LogP contribution in [-0.4, -0.2) is 23.7 Å². The van der Waals surface area contributed by atoms with Gasteiger partial charge in [-0.15, -0.1) is 0 Å². The summed E-state index contributed by atoms with van der Waals surface area (Å²) in [5.74, 6) is -0.740. The van der Waals surface area contributed by atoms with Gasteiger partial charge >= 0.3 is 5.97 Å². The number of aryl methyl sites for hydroxylation is 3. The molecule has 0 aromatic heterocycles. The molecular weight excluding hydrogens is 238 g/mol. The minimum atomic E-state index is -0.740. The summed E-state index contributed by atoms with van der Waals surface area (Å²) in [6, 6.07) is 3.80. The first-order chi connectivity index (χ1) is 8.92. The van der Waals surface area contributed by atoms with Gasteiger partial charge in [0, 0.05) is 12.2 Å². The minimum absolute atomic E-state index is 0.444. The SMILES string of the molecule is CCCN(c1c(C)cc(C)cc1C)[C@H](CC)C(=O)O. The normalized spacial score (nSPS) is 12.3. The van der Waals surface area contributed by atoms with Crippen LogP contribution in [0.25, 0.3) is 0 Å². The highest BCUT2D eigenvalue weighted by molar-refractivity contribution is 5.79. The van der Waals surface area contributed by atoms with E-state index in [1.165, 1.54) is 5.56 Å². The molecule has 1 rings (SSSR count). The molecule has 1 atom stereocenters. The number of carbonyl (C=O) groups is 1. The number of hydrogen-bond donors (Lipinski definition) is 1. The molecule has 0 saturated heterocycles. The van der Waals surface area contributed by atoms with E-state index >= 15 is 0 Å². The maximum atomic E-state index is 11.5. The monoisotopic (exact) mass is 263 g/mol. The van der Waals surface area contributed by atoms with Crippen LogP contribution in [0.4, 0.5) is 5.69 Å². The zero-order valence-electron chi connectivity index (χ0n) is 12.7. The number of nitrogens with zero attached hydrogens (tertiary/aromatic N) is 1. The molecule has 3 heteroatoms. The third-order valence-corrected chi connectivity index (χ3v) is 3.44. The third kappa shape index (κ3) is 3.49. The Kier molecular flexibility index (Phi) is 5.40. The molecule has 1 aromatic carbocycles. The molecule has 3 nitrogen and oxygen atoms in total. The Hall–Kier alpha value is -1.51. The van der Waals surface area contributed by atoms with E-state index < -0.39 is 12.0 Å². The van der Waals surface area contributed by atoms with Crippen LogP contribution in [0.1, 0.15) is 43.4 Å². The van der Waals surface area contributed by atoms with Gasteiger partial charge in [-0.2, -0.15) is 0 Å². The Balaban J connectivity index is 3.30. The van der Waals surface area contributed by atoms with Crippen molar-refractivity contribution in [2.75, 3.05) is 11.4 Å². The van der Waals surface area contributed by atoms with Gasteiger partial charge in [-0.05, 0) is 44.7 Å². The molecule has 0 spiro atoms. The van der Waals surface area contributed by atoms with Gasteiger partial charge < -0.3 is 10.0 Å². The summed E-state index contributed by atoms with van der Waals surface area (Å²) in [7, 11) is 0. The molecule has 0 aliphatic rings. The van der Waals surface area contributed by atoms with Gasteiger partial charge in [0.15, 0.2) is 0 Å². The fourth-order valence-electron chi connectivity index (χ4n) is 2.82. The van der Waals surface area contributed by atoms with Gasteiger partial charge in [-0.25, -0.2) is 4.79 Å². The van der Waals surface area contributed by atoms with E-state index in [1.54, 1.807) is 0 Å². The predicted molar refractivity (Wildman–Crippen MR) is 80.0 cm³/mol. The average Bonchev–Trinajstić information content (AvgIpc) is 2.27. The molecule has 19 heavy (non-hydrogen) atoms. The summed E-state index contributed by atoms with van der Waals surface area (Å²) in [4.78, 5) is 13.5. The Bertz CT molecular complexity index is 431. The second-order valence-electron chi connectivity index (χ2n) is 5.20. The van der Waals surface area contributed by atoms with Gasteiger partial charge in [-0.1, -0.05) is 31.5 Å². The van der Waals surface area contributed by atoms with E-state index in [-0.39, 0.29) is 0 Å². The summed E-state index contributed by atoms with van der Waals surface area (Å²) in [6.45, 7) is 11.0. The quantitative estimate of drug-likeness (QED) is 0.851. The Morgan fingerprint density at radius 2 is 1.74 bits per heavy atom. The third-order valence-electron chi connectivity index (χ3n) is 3.44. The second-order valence-corrected chi connectivity index (χ2v) is 5.20. The number of anilines is 1. The lowest BCUT2D eigenvalue weighted by Crippen LogP contribution is -2.42. The molecule has 0 aliphatic heterocycles. The fraction of sp³-hybridized carbons (Fsp3) is 0.562. The lowest BCUT2D eigenvalue weighted by molar-refractivity contribution is -0.138. The van der Waals surface area contributed by atoms with Gasteiger partial charge in [-0.3, -0.25) is 0 Å².